The summed E-state index contributed by atoms with van der Waals surface area (Å²) < 4.78 is 0. The molecule has 0 radical (unpaired) electrons. The molecule has 3 aliphatic carbocycles. The summed E-state index contributed by atoms with van der Waals surface area (Å²) in [7, 11) is 0. The van der Waals surface area contributed by atoms with E-state index in [0.29, 0.717) is 5.57 Å². The number of fused-ring (bicyclic) bond motifs is 1. The highest BCUT2D eigenvalue weighted by Gasteiger charge is 2.50. The molecule has 3 rings (SSSR count). The van der Waals surface area contributed by atoms with Gasteiger partial charge in [-0.25, -0.2) is 0 Å². The number of hydrogen-bond acceptors (Lipinski definition) is 2. The van der Waals surface area contributed by atoms with Crippen molar-refractivity contribution >= 4 is 11.6 Å². The van der Waals surface area contributed by atoms with Crippen molar-refractivity contribution < 1.29 is 9.59 Å². The Hall–Kier alpha value is -1.18. The second-order valence-electron chi connectivity index (χ2n) is 5.73. The van der Waals surface area contributed by atoms with E-state index in [9.17, 15) is 9.59 Å². The van der Waals surface area contributed by atoms with Gasteiger partial charge in [-0.15, -0.1) is 0 Å². The number of Topliss-reactive ketones (excluding diaryl/α,β-unsaturated/α-hetero) is 2. The highest BCUT2D eigenvalue weighted by atomic mass is 16.1. The maximum atomic E-state index is 12.6. The lowest BCUT2D eigenvalue weighted by Gasteiger charge is -2.30. The molecular formula is C15H18O2. The second kappa shape index (κ2) is 3.41. The first-order valence-electron chi connectivity index (χ1n) is 6.60. The molecule has 0 heterocycles. The van der Waals surface area contributed by atoms with Crippen molar-refractivity contribution in [1.82, 2.24) is 0 Å². The molecule has 1 saturated carbocycles. The van der Waals surface area contributed by atoms with Gasteiger partial charge in [0.2, 0.25) is 0 Å². The van der Waals surface area contributed by atoms with Gasteiger partial charge in [-0.2, -0.15) is 0 Å². The lowest BCUT2D eigenvalue weighted by molar-refractivity contribution is -0.123. The van der Waals surface area contributed by atoms with Crippen molar-refractivity contribution in [3.05, 3.63) is 22.8 Å². The van der Waals surface area contributed by atoms with Crippen molar-refractivity contribution in [2.45, 2.75) is 46.0 Å². The van der Waals surface area contributed by atoms with Gasteiger partial charge in [0.15, 0.2) is 11.6 Å². The van der Waals surface area contributed by atoms with E-state index in [0.717, 1.165) is 36.8 Å². The van der Waals surface area contributed by atoms with Crippen LogP contribution in [-0.2, 0) is 9.59 Å². The first-order chi connectivity index (χ1) is 8.07. The Labute approximate surface area is 102 Å². The van der Waals surface area contributed by atoms with Crippen LogP contribution in [0.3, 0.4) is 0 Å². The Morgan fingerprint density at radius 1 is 1.18 bits per heavy atom. The minimum absolute atomic E-state index is 0.0877. The van der Waals surface area contributed by atoms with Crippen LogP contribution >= 0.6 is 0 Å². The number of carbonyl (C=O) groups is 2. The fourth-order valence-electron chi connectivity index (χ4n) is 3.69. The van der Waals surface area contributed by atoms with E-state index in [1.807, 2.05) is 13.8 Å². The highest BCUT2D eigenvalue weighted by molar-refractivity contribution is 6.20. The molecule has 1 spiro atoms. The Morgan fingerprint density at radius 3 is 2.41 bits per heavy atom. The van der Waals surface area contributed by atoms with Gasteiger partial charge in [-0.3, -0.25) is 9.59 Å². The molecule has 1 atom stereocenters. The summed E-state index contributed by atoms with van der Waals surface area (Å²) >= 11 is 0. The minimum Gasteiger partial charge on any atom is -0.294 e. The topological polar surface area (TPSA) is 34.1 Å². The standard InChI is InChI=1S/C15H18O2/c1-9-11-8-15(6-4-3-5-7-15)14(17)12(11)10(2)13(9)16/h8-9H,3-7H2,1-2H3. The number of hydrogen-bond donors (Lipinski definition) is 0. The molecule has 0 aromatic rings. The molecule has 2 heteroatoms. The molecule has 0 N–H and O–H groups in total. The third-order valence-electron chi connectivity index (χ3n) is 4.75. The summed E-state index contributed by atoms with van der Waals surface area (Å²) in [5, 5.41) is 0. The molecule has 0 bridgehead atoms. The summed E-state index contributed by atoms with van der Waals surface area (Å²) in [6, 6.07) is 0. The van der Waals surface area contributed by atoms with E-state index >= 15 is 0 Å². The molecule has 0 aromatic carbocycles. The van der Waals surface area contributed by atoms with Crippen LogP contribution in [0.25, 0.3) is 0 Å². The fourth-order valence-corrected chi connectivity index (χ4v) is 3.69. The van der Waals surface area contributed by atoms with Crippen LogP contribution in [0.15, 0.2) is 22.8 Å². The average molecular weight is 230 g/mol. The number of ketones is 2. The van der Waals surface area contributed by atoms with Gasteiger partial charge < -0.3 is 0 Å². The first-order valence-corrected chi connectivity index (χ1v) is 6.60. The lowest BCUT2D eigenvalue weighted by Crippen LogP contribution is -2.29. The van der Waals surface area contributed by atoms with E-state index in [4.69, 9.17) is 0 Å². The maximum Gasteiger partial charge on any atom is 0.173 e. The predicted molar refractivity (Wildman–Crippen MR) is 65.5 cm³/mol. The Bertz CT molecular complexity index is 473. The molecule has 2 nitrogen and oxygen atoms in total. The van der Waals surface area contributed by atoms with Crippen molar-refractivity contribution in [3.63, 3.8) is 0 Å². The van der Waals surface area contributed by atoms with Gasteiger partial charge in [0.1, 0.15) is 0 Å². The number of allylic oxidation sites excluding steroid dienone is 4. The second-order valence-corrected chi connectivity index (χ2v) is 5.73. The zero-order valence-electron chi connectivity index (χ0n) is 10.5. The smallest absolute Gasteiger partial charge is 0.173 e. The van der Waals surface area contributed by atoms with Crippen LogP contribution in [0.5, 0.6) is 0 Å². The molecule has 1 fully saturated rings. The van der Waals surface area contributed by atoms with Gasteiger partial charge in [-0.1, -0.05) is 32.3 Å². The zero-order chi connectivity index (χ0) is 12.2. The van der Waals surface area contributed by atoms with E-state index in [-0.39, 0.29) is 22.9 Å². The molecule has 0 aliphatic heterocycles. The quantitative estimate of drug-likeness (QED) is 0.641. The normalized spacial score (nSPS) is 31.2. The van der Waals surface area contributed by atoms with Crippen LogP contribution < -0.4 is 0 Å². The Balaban J connectivity index is 2.09. The van der Waals surface area contributed by atoms with Gasteiger partial charge in [-0.05, 0) is 25.3 Å². The van der Waals surface area contributed by atoms with Crippen LogP contribution in [-0.4, -0.2) is 11.6 Å². The third-order valence-corrected chi connectivity index (χ3v) is 4.75. The summed E-state index contributed by atoms with van der Waals surface area (Å²) in [6.07, 6.45) is 7.63. The molecule has 0 aromatic heterocycles. The van der Waals surface area contributed by atoms with E-state index in [2.05, 4.69) is 6.08 Å². The third kappa shape index (κ3) is 1.27. The molecule has 17 heavy (non-hydrogen) atoms. The Morgan fingerprint density at radius 2 is 1.82 bits per heavy atom. The van der Waals surface area contributed by atoms with Gasteiger partial charge >= 0.3 is 0 Å². The summed E-state index contributed by atoms with van der Waals surface area (Å²) in [5.74, 6) is 0.294. The van der Waals surface area contributed by atoms with Crippen molar-refractivity contribution in [3.8, 4) is 0 Å². The van der Waals surface area contributed by atoms with Crippen molar-refractivity contribution in [2.24, 2.45) is 11.3 Å². The van der Waals surface area contributed by atoms with E-state index < -0.39 is 0 Å². The molecule has 3 aliphatic rings. The summed E-state index contributed by atoms with van der Waals surface area (Å²) in [5.41, 5.74) is 2.26. The zero-order valence-corrected chi connectivity index (χ0v) is 10.5. The van der Waals surface area contributed by atoms with E-state index in [1.165, 1.54) is 6.42 Å². The molecule has 90 valence electrons. The number of rotatable bonds is 0. The largest absolute Gasteiger partial charge is 0.294 e. The molecule has 0 amide bonds. The molecule has 0 saturated heterocycles. The SMILES string of the molecule is CC1=C2C(=O)C3(C=C2C(C)C1=O)CCCCC3. The monoisotopic (exact) mass is 230 g/mol. The average Bonchev–Trinajstić information content (AvgIpc) is 2.72. The highest BCUT2D eigenvalue weighted by Crippen LogP contribution is 2.52. The van der Waals surface area contributed by atoms with Crippen molar-refractivity contribution in [1.29, 1.82) is 0 Å². The first kappa shape index (κ1) is 10.9. The summed E-state index contributed by atoms with van der Waals surface area (Å²) in [6.45, 7) is 3.74. The Kier molecular flexibility index (Phi) is 2.19. The summed E-state index contributed by atoms with van der Waals surface area (Å²) in [4.78, 5) is 24.5. The van der Waals surface area contributed by atoms with Gasteiger partial charge in [0, 0.05) is 17.1 Å². The van der Waals surface area contributed by atoms with E-state index in [1.54, 1.807) is 0 Å². The predicted octanol–water partition coefficient (Wildman–Crippen LogP) is 2.98. The van der Waals surface area contributed by atoms with Gasteiger partial charge in [0.25, 0.3) is 0 Å². The maximum absolute atomic E-state index is 12.6. The molecular weight excluding hydrogens is 212 g/mol. The number of carbonyl (C=O) groups excluding carboxylic acids is 2. The van der Waals surface area contributed by atoms with Gasteiger partial charge in [0.05, 0.1) is 5.41 Å². The lowest BCUT2D eigenvalue weighted by atomic mass is 9.72. The van der Waals surface area contributed by atoms with Crippen LogP contribution in [0, 0.1) is 11.3 Å². The fraction of sp³-hybridized carbons (Fsp3) is 0.600. The minimum atomic E-state index is -0.237. The van der Waals surface area contributed by atoms with Crippen molar-refractivity contribution in [2.75, 3.05) is 0 Å². The van der Waals surface area contributed by atoms with Crippen LogP contribution in [0.2, 0.25) is 0 Å². The molecule has 1 unspecified atom stereocenters. The van der Waals surface area contributed by atoms with Crippen LogP contribution in [0.4, 0.5) is 0 Å². The van der Waals surface area contributed by atoms with Crippen LogP contribution in [0.1, 0.15) is 46.0 Å².